The fourth-order valence-corrected chi connectivity index (χ4v) is 4.54. The first-order chi connectivity index (χ1) is 12.5. The van der Waals surface area contributed by atoms with E-state index in [2.05, 4.69) is 34.7 Å². The number of anilines is 3. The van der Waals surface area contributed by atoms with Gasteiger partial charge in [-0.15, -0.1) is 0 Å². The van der Waals surface area contributed by atoms with Crippen LogP contribution in [0.25, 0.3) is 0 Å². The topological polar surface area (TPSA) is 49.4 Å². The van der Waals surface area contributed by atoms with Crippen LogP contribution >= 0.6 is 0 Å². The SMILES string of the molecule is CC1Cc2ccccc2N1c1ccc(NS(=O)(=O)c2ccccc2)cc1. The predicted molar refractivity (Wildman–Crippen MR) is 105 cm³/mol. The quantitative estimate of drug-likeness (QED) is 0.738. The number of para-hydroxylation sites is 1. The van der Waals surface area contributed by atoms with Gasteiger partial charge in [0, 0.05) is 23.1 Å². The van der Waals surface area contributed by atoms with E-state index in [0.717, 1.165) is 12.1 Å². The molecule has 0 fully saturated rings. The van der Waals surface area contributed by atoms with Crippen LogP contribution in [-0.2, 0) is 16.4 Å². The number of sulfonamides is 1. The van der Waals surface area contributed by atoms with Crippen LogP contribution in [0.15, 0.2) is 83.8 Å². The van der Waals surface area contributed by atoms with Crippen molar-refractivity contribution >= 4 is 27.1 Å². The maximum atomic E-state index is 12.4. The van der Waals surface area contributed by atoms with Gasteiger partial charge in [0.25, 0.3) is 10.0 Å². The van der Waals surface area contributed by atoms with E-state index in [1.807, 2.05) is 30.3 Å². The molecule has 1 aliphatic rings. The average Bonchev–Trinajstić information content (AvgIpc) is 2.99. The normalized spacial score (nSPS) is 16.3. The smallest absolute Gasteiger partial charge is 0.261 e. The molecule has 1 unspecified atom stereocenters. The Hall–Kier alpha value is -2.79. The van der Waals surface area contributed by atoms with Crippen LogP contribution in [0, 0.1) is 0 Å². The van der Waals surface area contributed by atoms with E-state index < -0.39 is 10.0 Å². The highest BCUT2D eigenvalue weighted by Crippen LogP contribution is 2.38. The zero-order chi connectivity index (χ0) is 18.1. The van der Waals surface area contributed by atoms with Gasteiger partial charge in [-0.05, 0) is 61.4 Å². The van der Waals surface area contributed by atoms with Gasteiger partial charge in [0.15, 0.2) is 0 Å². The molecule has 0 aromatic heterocycles. The summed E-state index contributed by atoms with van der Waals surface area (Å²) < 4.78 is 27.5. The van der Waals surface area contributed by atoms with E-state index in [1.54, 1.807) is 30.3 Å². The summed E-state index contributed by atoms with van der Waals surface area (Å²) in [5.74, 6) is 0. The fourth-order valence-electron chi connectivity index (χ4n) is 3.46. The number of nitrogens with zero attached hydrogens (tertiary/aromatic N) is 1. The summed E-state index contributed by atoms with van der Waals surface area (Å²) in [4.78, 5) is 2.55. The minimum atomic E-state index is -3.57. The van der Waals surface area contributed by atoms with Crippen molar-refractivity contribution in [1.29, 1.82) is 0 Å². The Labute approximate surface area is 154 Å². The second kappa shape index (κ2) is 6.50. The van der Waals surface area contributed by atoms with Gasteiger partial charge in [-0.3, -0.25) is 4.72 Å². The summed E-state index contributed by atoms with van der Waals surface area (Å²) in [6, 6.07) is 24.7. The van der Waals surface area contributed by atoms with E-state index in [1.165, 1.54) is 11.3 Å². The zero-order valence-electron chi connectivity index (χ0n) is 14.5. The molecule has 0 radical (unpaired) electrons. The monoisotopic (exact) mass is 364 g/mol. The van der Waals surface area contributed by atoms with E-state index in [9.17, 15) is 8.42 Å². The third kappa shape index (κ3) is 3.06. The number of fused-ring (bicyclic) bond motifs is 1. The maximum Gasteiger partial charge on any atom is 0.261 e. The first-order valence-corrected chi connectivity index (χ1v) is 10.1. The molecule has 0 saturated heterocycles. The molecule has 0 amide bonds. The molecule has 5 heteroatoms. The van der Waals surface area contributed by atoms with E-state index in [4.69, 9.17) is 0 Å². The lowest BCUT2D eigenvalue weighted by Gasteiger charge is -2.25. The number of nitrogens with one attached hydrogen (secondary N) is 1. The zero-order valence-corrected chi connectivity index (χ0v) is 15.3. The van der Waals surface area contributed by atoms with Crippen molar-refractivity contribution in [3.8, 4) is 0 Å². The highest BCUT2D eigenvalue weighted by atomic mass is 32.2. The molecule has 1 aliphatic heterocycles. The summed E-state index contributed by atoms with van der Waals surface area (Å²) in [5, 5.41) is 0. The standard InChI is InChI=1S/C21H20N2O2S/c1-16-15-17-7-5-6-10-21(17)23(16)19-13-11-18(12-14-19)22-26(24,25)20-8-3-2-4-9-20/h2-14,16,22H,15H2,1H3. The van der Waals surface area contributed by atoms with Crippen molar-refractivity contribution in [3.63, 3.8) is 0 Å². The minimum absolute atomic E-state index is 0.256. The summed E-state index contributed by atoms with van der Waals surface area (Å²) in [6.07, 6.45) is 1.01. The molecule has 1 atom stereocenters. The summed E-state index contributed by atoms with van der Waals surface area (Å²) in [5.41, 5.74) is 4.18. The molecule has 3 aromatic carbocycles. The molecule has 4 rings (SSSR count). The number of hydrogen-bond donors (Lipinski definition) is 1. The molecule has 1 heterocycles. The van der Waals surface area contributed by atoms with Gasteiger partial charge in [0.05, 0.1) is 4.90 Å². The molecule has 0 bridgehead atoms. The largest absolute Gasteiger partial charge is 0.338 e. The first kappa shape index (κ1) is 16.7. The molecular weight excluding hydrogens is 344 g/mol. The summed E-state index contributed by atoms with van der Waals surface area (Å²) >= 11 is 0. The van der Waals surface area contributed by atoms with Crippen molar-refractivity contribution in [2.24, 2.45) is 0 Å². The Morgan fingerprint density at radius 3 is 2.27 bits per heavy atom. The van der Waals surface area contributed by atoms with E-state index >= 15 is 0 Å². The number of benzene rings is 3. The molecule has 1 N–H and O–H groups in total. The van der Waals surface area contributed by atoms with Gasteiger partial charge in [-0.1, -0.05) is 36.4 Å². The van der Waals surface area contributed by atoms with Crippen LogP contribution in [0.4, 0.5) is 17.1 Å². The number of rotatable bonds is 4. The van der Waals surface area contributed by atoms with Gasteiger partial charge in [0.1, 0.15) is 0 Å². The predicted octanol–water partition coefficient (Wildman–Crippen LogP) is 4.57. The maximum absolute atomic E-state index is 12.4. The van der Waals surface area contributed by atoms with Crippen molar-refractivity contribution in [2.75, 3.05) is 9.62 Å². The number of hydrogen-bond acceptors (Lipinski definition) is 3. The molecule has 3 aromatic rings. The van der Waals surface area contributed by atoms with E-state index in [-0.39, 0.29) is 4.90 Å². The van der Waals surface area contributed by atoms with Crippen molar-refractivity contribution < 1.29 is 8.42 Å². The fraction of sp³-hybridized carbons (Fsp3) is 0.143. The second-order valence-corrected chi connectivity index (χ2v) is 8.20. The molecule has 0 saturated carbocycles. The minimum Gasteiger partial charge on any atom is -0.338 e. The molecule has 0 spiro atoms. The Morgan fingerprint density at radius 2 is 1.54 bits per heavy atom. The van der Waals surface area contributed by atoms with Crippen molar-refractivity contribution in [2.45, 2.75) is 24.3 Å². The van der Waals surface area contributed by atoms with Crippen LogP contribution in [0.5, 0.6) is 0 Å². The van der Waals surface area contributed by atoms with Crippen LogP contribution in [0.3, 0.4) is 0 Å². The Bertz CT molecular complexity index is 1020. The summed E-state index contributed by atoms with van der Waals surface area (Å²) in [7, 11) is -3.57. The molecular formula is C21H20N2O2S. The third-order valence-corrected chi connectivity index (χ3v) is 6.06. The van der Waals surface area contributed by atoms with Crippen LogP contribution < -0.4 is 9.62 Å². The lowest BCUT2D eigenvalue weighted by atomic mass is 10.1. The Morgan fingerprint density at radius 1 is 0.885 bits per heavy atom. The van der Waals surface area contributed by atoms with Crippen LogP contribution in [0.1, 0.15) is 12.5 Å². The highest BCUT2D eigenvalue weighted by molar-refractivity contribution is 7.92. The second-order valence-electron chi connectivity index (χ2n) is 6.52. The molecule has 4 nitrogen and oxygen atoms in total. The summed E-state index contributed by atoms with van der Waals surface area (Å²) in [6.45, 7) is 2.20. The average molecular weight is 364 g/mol. The molecule has 26 heavy (non-hydrogen) atoms. The Balaban J connectivity index is 1.58. The van der Waals surface area contributed by atoms with Gasteiger partial charge >= 0.3 is 0 Å². The lowest BCUT2D eigenvalue weighted by molar-refractivity contribution is 0.601. The third-order valence-electron chi connectivity index (χ3n) is 4.66. The molecule has 0 aliphatic carbocycles. The van der Waals surface area contributed by atoms with Crippen LogP contribution in [0.2, 0.25) is 0 Å². The Kier molecular flexibility index (Phi) is 4.17. The highest BCUT2D eigenvalue weighted by Gasteiger charge is 2.26. The van der Waals surface area contributed by atoms with Gasteiger partial charge in [-0.25, -0.2) is 8.42 Å². The van der Waals surface area contributed by atoms with Crippen molar-refractivity contribution in [3.05, 3.63) is 84.4 Å². The van der Waals surface area contributed by atoms with Crippen molar-refractivity contribution in [1.82, 2.24) is 0 Å². The van der Waals surface area contributed by atoms with Gasteiger partial charge < -0.3 is 4.90 Å². The lowest BCUT2D eigenvalue weighted by Crippen LogP contribution is -2.23. The van der Waals surface area contributed by atoms with Gasteiger partial charge in [-0.2, -0.15) is 0 Å². The van der Waals surface area contributed by atoms with Crippen LogP contribution in [-0.4, -0.2) is 14.5 Å². The van der Waals surface area contributed by atoms with Gasteiger partial charge in [0.2, 0.25) is 0 Å². The first-order valence-electron chi connectivity index (χ1n) is 8.60. The van der Waals surface area contributed by atoms with E-state index in [0.29, 0.717) is 11.7 Å². The molecule has 132 valence electrons.